The van der Waals surface area contributed by atoms with Gasteiger partial charge in [0.05, 0.1) is 19.0 Å². The lowest BCUT2D eigenvalue weighted by Crippen LogP contribution is -2.57. The first-order valence-electron chi connectivity index (χ1n) is 10.2. The summed E-state index contributed by atoms with van der Waals surface area (Å²) in [5.74, 6) is -2.49. The molecule has 1 aliphatic rings. The normalized spacial score (nSPS) is 18.6. The summed E-state index contributed by atoms with van der Waals surface area (Å²) in [4.78, 5) is 57.5. The van der Waals surface area contributed by atoms with Crippen LogP contribution >= 0.6 is 11.8 Å². The number of carbonyl (C=O) groups excluding carboxylic acids is 3. The Balaban J connectivity index is 1.97. The number of aromatic nitrogens is 2. The van der Waals surface area contributed by atoms with Crippen molar-refractivity contribution in [1.29, 1.82) is 0 Å². The van der Waals surface area contributed by atoms with Crippen LogP contribution in [0.5, 0.6) is 0 Å². The molecule has 2 rings (SSSR count). The first kappa shape index (κ1) is 25.6. The molecule has 1 aliphatic heterocycles. The summed E-state index contributed by atoms with van der Waals surface area (Å²) in [5.41, 5.74) is 6.71. The van der Waals surface area contributed by atoms with Crippen LogP contribution in [-0.2, 0) is 25.6 Å². The minimum Gasteiger partial charge on any atom is -0.480 e. The SMILES string of the molecule is CSCCC(NC(=O)C(CO)NC(=O)C1CCCN1C(=O)C(N)Cc1cnc[nH]1)C(=O)O. The number of nitrogens with one attached hydrogen (secondary N) is 3. The van der Waals surface area contributed by atoms with Gasteiger partial charge in [0.15, 0.2) is 0 Å². The number of carbonyl (C=O) groups is 4. The zero-order valence-electron chi connectivity index (χ0n) is 17.8. The molecular formula is C19H30N6O6S. The molecule has 1 aromatic rings. The van der Waals surface area contributed by atoms with Gasteiger partial charge in [-0.15, -0.1) is 0 Å². The number of aliphatic hydroxyl groups is 1. The number of amides is 3. The zero-order chi connectivity index (χ0) is 23.7. The Hall–Kier alpha value is -2.64. The summed E-state index contributed by atoms with van der Waals surface area (Å²) in [6.45, 7) is -0.369. The van der Waals surface area contributed by atoms with E-state index in [2.05, 4.69) is 20.6 Å². The average Bonchev–Trinajstić information content (AvgIpc) is 3.45. The van der Waals surface area contributed by atoms with Crippen LogP contribution in [0.1, 0.15) is 25.0 Å². The van der Waals surface area contributed by atoms with E-state index in [1.54, 1.807) is 6.20 Å². The van der Waals surface area contributed by atoms with E-state index in [9.17, 15) is 29.4 Å². The smallest absolute Gasteiger partial charge is 0.326 e. The quantitative estimate of drug-likeness (QED) is 0.202. The molecule has 13 heteroatoms. The molecule has 3 amide bonds. The Bertz CT molecular complexity index is 791. The second-order valence-corrected chi connectivity index (χ2v) is 8.49. The highest BCUT2D eigenvalue weighted by Crippen LogP contribution is 2.19. The number of carboxylic acid groups (broad SMARTS) is 1. The van der Waals surface area contributed by atoms with E-state index >= 15 is 0 Å². The van der Waals surface area contributed by atoms with Gasteiger partial charge in [-0.25, -0.2) is 9.78 Å². The number of nitrogens with zero attached hydrogens (tertiary/aromatic N) is 2. The molecule has 7 N–H and O–H groups in total. The van der Waals surface area contributed by atoms with Crippen LogP contribution in [0.15, 0.2) is 12.5 Å². The lowest BCUT2D eigenvalue weighted by Gasteiger charge is -2.28. The van der Waals surface area contributed by atoms with Crippen molar-refractivity contribution < 1.29 is 29.4 Å². The van der Waals surface area contributed by atoms with Gasteiger partial charge < -0.3 is 36.5 Å². The minimum atomic E-state index is -1.34. The molecule has 0 spiro atoms. The molecule has 1 fully saturated rings. The number of aromatic amines is 1. The molecule has 4 atom stereocenters. The second kappa shape index (κ2) is 12.4. The highest BCUT2D eigenvalue weighted by atomic mass is 32.2. The molecule has 0 aliphatic carbocycles. The summed E-state index contributed by atoms with van der Waals surface area (Å²) in [7, 11) is 0. The minimum absolute atomic E-state index is 0.202. The Morgan fingerprint density at radius 1 is 1.34 bits per heavy atom. The van der Waals surface area contributed by atoms with Crippen molar-refractivity contribution in [1.82, 2.24) is 25.5 Å². The Kier molecular flexibility index (Phi) is 9.94. The summed E-state index contributed by atoms with van der Waals surface area (Å²) in [5, 5.41) is 23.6. The molecule has 2 heterocycles. The fourth-order valence-electron chi connectivity index (χ4n) is 3.46. The molecule has 178 valence electrons. The van der Waals surface area contributed by atoms with Crippen LogP contribution in [0.3, 0.4) is 0 Å². The summed E-state index contributed by atoms with van der Waals surface area (Å²) in [6.07, 6.45) is 6.27. The van der Waals surface area contributed by atoms with Gasteiger partial charge in [-0.3, -0.25) is 14.4 Å². The number of aliphatic hydroxyl groups excluding tert-OH is 1. The lowest BCUT2D eigenvalue weighted by atomic mass is 10.1. The predicted octanol–water partition coefficient (Wildman–Crippen LogP) is -1.93. The number of H-pyrrole nitrogens is 1. The Morgan fingerprint density at radius 3 is 2.69 bits per heavy atom. The number of hydrogen-bond acceptors (Lipinski definition) is 8. The molecule has 0 bridgehead atoms. The molecule has 0 aromatic carbocycles. The number of likely N-dealkylation sites (tertiary alicyclic amines) is 1. The van der Waals surface area contributed by atoms with Crippen LogP contribution in [0.25, 0.3) is 0 Å². The summed E-state index contributed by atoms with van der Waals surface area (Å²) in [6, 6.07) is -4.17. The molecule has 12 nitrogen and oxygen atoms in total. The maximum atomic E-state index is 12.8. The monoisotopic (exact) mass is 470 g/mol. The van der Waals surface area contributed by atoms with Gasteiger partial charge in [0, 0.05) is 24.9 Å². The predicted molar refractivity (Wildman–Crippen MR) is 117 cm³/mol. The largest absolute Gasteiger partial charge is 0.480 e. The number of imidazole rings is 1. The summed E-state index contributed by atoms with van der Waals surface area (Å²) >= 11 is 1.44. The van der Waals surface area contributed by atoms with Crippen molar-refractivity contribution in [2.75, 3.05) is 25.2 Å². The standard InChI is InChI=1S/C19H30N6O6S/c1-32-6-4-13(19(30)31)23-16(27)14(9-26)24-17(28)15-3-2-5-25(15)18(29)12(20)7-11-8-21-10-22-11/h8,10,12-15,26H,2-7,9,20H2,1H3,(H,21,22)(H,23,27)(H,24,28)(H,30,31). The lowest BCUT2D eigenvalue weighted by molar-refractivity contribution is -0.143. The van der Waals surface area contributed by atoms with Crippen molar-refractivity contribution in [3.63, 3.8) is 0 Å². The highest BCUT2D eigenvalue weighted by molar-refractivity contribution is 7.98. The van der Waals surface area contributed by atoms with Gasteiger partial charge in [-0.05, 0) is 31.3 Å². The third-order valence-electron chi connectivity index (χ3n) is 5.19. The van der Waals surface area contributed by atoms with Crippen molar-refractivity contribution in [3.05, 3.63) is 18.2 Å². The number of rotatable bonds is 12. The number of aliphatic carboxylic acids is 1. The van der Waals surface area contributed by atoms with Crippen LogP contribution in [0.2, 0.25) is 0 Å². The van der Waals surface area contributed by atoms with Gasteiger partial charge >= 0.3 is 5.97 Å². The van der Waals surface area contributed by atoms with E-state index in [-0.39, 0.29) is 12.8 Å². The van der Waals surface area contributed by atoms with Gasteiger partial charge in [0.25, 0.3) is 0 Å². The van der Waals surface area contributed by atoms with Crippen molar-refractivity contribution in [2.45, 2.75) is 49.9 Å². The van der Waals surface area contributed by atoms with E-state index in [0.717, 1.165) is 0 Å². The highest BCUT2D eigenvalue weighted by Gasteiger charge is 2.38. The molecule has 0 radical (unpaired) electrons. The van der Waals surface area contributed by atoms with Crippen LogP contribution in [-0.4, -0.2) is 98.1 Å². The van der Waals surface area contributed by atoms with Gasteiger partial charge in [0.1, 0.15) is 18.1 Å². The molecule has 4 unspecified atom stereocenters. The van der Waals surface area contributed by atoms with Gasteiger partial charge in [-0.2, -0.15) is 11.8 Å². The number of carboxylic acids is 1. The fourth-order valence-corrected chi connectivity index (χ4v) is 3.94. The van der Waals surface area contributed by atoms with Crippen molar-refractivity contribution in [2.24, 2.45) is 5.73 Å². The topological polar surface area (TPSA) is 191 Å². The number of nitrogens with two attached hydrogens (primary N) is 1. The molecular weight excluding hydrogens is 440 g/mol. The first-order valence-corrected chi connectivity index (χ1v) is 11.6. The second-order valence-electron chi connectivity index (χ2n) is 7.50. The molecule has 1 saturated heterocycles. The number of thioether (sulfide) groups is 1. The fraction of sp³-hybridized carbons (Fsp3) is 0.632. The van der Waals surface area contributed by atoms with Gasteiger partial charge in [-0.1, -0.05) is 0 Å². The van der Waals surface area contributed by atoms with E-state index in [4.69, 9.17) is 5.73 Å². The third kappa shape index (κ3) is 6.93. The van der Waals surface area contributed by atoms with Crippen molar-refractivity contribution >= 4 is 35.5 Å². The van der Waals surface area contributed by atoms with Crippen molar-refractivity contribution in [3.8, 4) is 0 Å². The van der Waals surface area contributed by atoms with Crippen LogP contribution < -0.4 is 16.4 Å². The maximum Gasteiger partial charge on any atom is 0.326 e. The molecule has 32 heavy (non-hydrogen) atoms. The Morgan fingerprint density at radius 2 is 2.09 bits per heavy atom. The Labute approximate surface area is 189 Å². The van der Waals surface area contributed by atoms with E-state index < -0.39 is 54.5 Å². The third-order valence-corrected chi connectivity index (χ3v) is 5.84. The first-order chi connectivity index (χ1) is 15.3. The van der Waals surface area contributed by atoms with E-state index in [1.807, 2.05) is 6.26 Å². The molecule has 0 saturated carbocycles. The van der Waals surface area contributed by atoms with Gasteiger partial charge in [0.2, 0.25) is 17.7 Å². The number of hydrogen-bond donors (Lipinski definition) is 6. The summed E-state index contributed by atoms with van der Waals surface area (Å²) < 4.78 is 0. The van der Waals surface area contributed by atoms with Crippen LogP contribution in [0.4, 0.5) is 0 Å². The zero-order valence-corrected chi connectivity index (χ0v) is 18.6. The van der Waals surface area contributed by atoms with E-state index in [0.29, 0.717) is 30.8 Å². The van der Waals surface area contributed by atoms with Crippen LogP contribution in [0, 0.1) is 0 Å². The maximum absolute atomic E-state index is 12.8. The molecule has 1 aromatic heterocycles. The van der Waals surface area contributed by atoms with E-state index in [1.165, 1.54) is 23.0 Å². The average molecular weight is 471 g/mol.